The first-order valence-corrected chi connectivity index (χ1v) is 7.34. The van der Waals surface area contributed by atoms with E-state index >= 15 is 0 Å². The summed E-state index contributed by atoms with van der Waals surface area (Å²) in [5.74, 6) is 0.520. The smallest absolute Gasteiger partial charge is 0.284 e. The van der Waals surface area contributed by atoms with Crippen LogP contribution in [-0.4, -0.2) is 58.2 Å². The molecule has 1 aliphatic heterocycles. The van der Waals surface area contributed by atoms with Gasteiger partial charge >= 0.3 is 0 Å². The average Bonchev–Trinajstić information content (AvgIpc) is 3.01. The number of rotatable bonds is 3. The van der Waals surface area contributed by atoms with E-state index in [4.69, 9.17) is 16.6 Å². The van der Waals surface area contributed by atoms with Gasteiger partial charge in [0.15, 0.2) is 0 Å². The molecular weight excluding hydrogens is 282 g/mol. The lowest BCUT2D eigenvalue weighted by Crippen LogP contribution is -2.43. The number of nitrogens with one attached hydrogen (secondary N) is 1. The monoisotopic (exact) mass is 297 g/mol. The molecule has 0 amide bonds. The third kappa shape index (κ3) is 3.08. The van der Waals surface area contributed by atoms with E-state index in [0.29, 0.717) is 10.7 Å². The van der Waals surface area contributed by atoms with E-state index in [1.807, 2.05) is 0 Å². The van der Waals surface area contributed by atoms with Crippen molar-refractivity contribution in [1.82, 2.24) is 25.0 Å². The minimum absolute atomic E-state index is 0.295. The molecule has 0 aromatic carbocycles. The van der Waals surface area contributed by atoms with Crippen molar-refractivity contribution in [2.75, 3.05) is 33.2 Å². The van der Waals surface area contributed by atoms with E-state index in [9.17, 15) is 0 Å². The van der Waals surface area contributed by atoms with Crippen LogP contribution in [0.5, 0.6) is 0 Å². The number of hydrogen-bond donors (Lipinski definition) is 1. The molecule has 2 aromatic rings. The predicted molar refractivity (Wildman–Crippen MR) is 75.6 cm³/mol. The Bertz CT molecular complexity index is 596. The van der Waals surface area contributed by atoms with Crippen LogP contribution in [0.15, 0.2) is 10.6 Å². The summed E-state index contributed by atoms with van der Waals surface area (Å²) in [5, 5.41) is 7.72. The first-order valence-electron chi connectivity index (χ1n) is 6.12. The molecule has 8 heteroatoms. The first kappa shape index (κ1) is 12.9. The number of thiazole rings is 1. The van der Waals surface area contributed by atoms with Crippen LogP contribution in [0.3, 0.4) is 0 Å². The molecule has 6 nitrogen and oxygen atoms in total. The van der Waals surface area contributed by atoms with Crippen molar-refractivity contribution in [2.24, 2.45) is 0 Å². The van der Waals surface area contributed by atoms with E-state index in [2.05, 4.69) is 32.0 Å². The summed E-state index contributed by atoms with van der Waals surface area (Å²) in [5.41, 5.74) is 0. The van der Waals surface area contributed by atoms with Crippen LogP contribution < -0.4 is 0 Å². The molecule has 0 radical (unpaired) electrons. The summed E-state index contributed by atoms with van der Waals surface area (Å²) in [6.07, 6.45) is 1.80. The number of piperazine rings is 1. The molecule has 2 aromatic heterocycles. The van der Waals surface area contributed by atoms with Crippen molar-refractivity contribution in [3.8, 4) is 10.8 Å². The van der Waals surface area contributed by atoms with Crippen molar-refractivity contribution in [2.45, 2.75) is 6.54 Å². The Labute approximate surface area is 120 Å². The van der Waals surface area contributed by atoms with Gasteiger partial charge in [0.25, 0.3) is 10.7 Å². The Kier molecular flexibility index (Phi) is 3.74. The largest absolute Gasteiger partial charge is 0.408 e. The fraction of sp³-hybridized carbons (Fsp3) is 0.545. The second kappa shape index (κ2) is 5.49. The standard InChI is InChI=1S/C11H15N5OS2/c1-15-2-4-16(5-3-15)7-9-12-6-8(19-9)10-13-14-11(18)17-10/h6H,2-5,7H2,1H3,(H,14,18). The van der Waals surface area contributed by atoms with Gasteiger partial charge in [0.1, 0.15) is 9.88 Å². The molecular formula is C11H15N5OS2. The summed E-state index contributed by atoms with van der Waals surface area (Å²) < 4.78 is 5.29. The van der Waals surface area contributed by atoms with Crippen molar-refractivity contribution in [3.63, 3.8) is 0 Å². The summed E-state index contributed by atoms with van der Waals surface area (Å²) in [4.78, 5) is 10.4. The fourth-order valence-corrected chi connectivity index (χ4v) is 3.03. The first-order chi connectivity index (χ1) is 9.20. The zero-order valence-corrected chi connectivity index (χ0v) is 12.3. The summed E-state index contributed by atoms with van der Waals surface area (Å²) in [7, 11) is 2.16. The Morgan fingerprint density at radius 1 is 1.42 bits per heavy atom. The van der Waals surface area contributed by atoms with Gasteiger partial charge in [-0.3, -0.25) is 4.90 Å². The Balaban J connectivity index is 1.66. The van der Waals surface area contributed by atoms with Crippen LogP contribution in [0.4, 0.5) is 0 Å². The summed E-state index contributed by atoms with van der Waals surface area (Å²) >= 11 is 6.47. The van der Waals surface area contributed by atoms with Gasteiger partial charge in [-0.25, -0.2) is 10.1 Å². The van der Waals surface area contributed by atoms with E-state index in [0.717, 1.165) is 42.6 Å². The van der Waals surface area contributed by atoms with Gasteiger partial charge in [-0.1, -0.05) is 0 Å². The van der Waals surface area contributed by atoms with Crippen molar-refractivity contribution < 1.29 is 4.42 Å². The number of hydrogen-bond acceptors (Lipinski definition) is 7. The molecule has 3 heterocycles. The van der Waals surface area contributed by atoms with Gasteiger partial charge in [0, 0.05) is 26.2 Å². The zero-order chi connectivity index (χ0) is 13.2. The third-order valence-corrected chi connectivity index (χ3v) is 4.30. The molecule has 19 heavy (non-hydrogen) atoms. The normalized spacial score (nSPS) is 17.9. The number of nitrogens with zero attached hydrogens (tertiary/aromatic N) is 4. The lowest BCUT2D eigenvalue weighted by Gasteiger charge is -2.31. The highest BCUT2D eigenvalue weighted by atomic mass is 32.1. The zero-order valence-electron chi connectivity index (χ0n) is 10.6. The fourth-order valence-electron chi connectivity index (χ4n) is 2.01. The van der Waals surface area contributed by atoms with Crippen LogP contribution in [0.25, 0.3) is 10.8 Å². The van der Waals surface area contributed by atoms with Gasteiger partial charge in [-0.15, -0.1) is 16.4 Å². The minimum Gasteiger partial charge on any atom is -0.408 e. The maximum Gasteiger partial charge on any atom is 0.284 e. The van der Waals surface area contributed by atoms with Crippen molar-refractivity contribution >= 4 is 23.6 Å². The SMILES string of the molecule is CN1CCN(Cc2ncc(-c3n[nH]c(=S)o3)s2)CC1. The highest BCUT2D eigenvalue weighted by molar-refractivity contribution is 7.71. The Hall–Kier alpha value is -1.09. The highest BCUT2D eigenvalue weighted by Gasteiger charge is 2.16. The van der Waals surface area contributed by atoms with Gasteiger partial charge in [0.05, 0.1) is 12.7 Å². The van der Waals surface area contributed by atoms with E-state index in [-0.39, 0.29) is 0 Å². The molecule has 102 valence electrons. The second-order valence-electron chi connectivity index (χ2n) is 4.62. The molecule has 1 saturated heterocycles. The maximum absolute atomic E-state index is 5.29. The second-order valence-corrected chi connectivity index (χ2v) is 6.10. The lowest BCUT2D eigenvalue weighted by molar-refractivity contribution is 0.148. The molecule has 1 aliphatic rings. The predicted octanol–water partition coefficient (Wildman–Crippen LogP) is 1.60. The van der Waals surface area contributed by atoms with Crippen LogP contribution >= 0.6 is 23.6 Å². The van der Waals surface area contributed by atoms with Gasteiger partial charge < -0.3 is 9.32 Å². The maximum atomic E-state index is 5.29. The van der Waals surface area contributed by atoms with Gasteiger partial charge in [-0.2, -0.15) is 0 Å². The molecule has 0 bridgehead atoms. The lowest BCUT2D eigenvalue weighted by atomic mass is 10.3. The summed E-state index contributed by atoms with van der Waals surface area (Å²) in [6, 6.07) is 0. The van der Waals surface area contributed by atoms with Crippen molar-refractivity contribution in [1.29, 1.82) is 0 Å². The molecule has 1 N–H and O–H groups in total. The van der Waals surface area contributed by atoms with Crippen LogP contribution in [0.1, 0.15) is 5.01 Å². The Morgan fingerprint density at radius 3 is 2.89 bits per heavy atom. The molecule has 0 aliphatic carbocycles. The molecule has 0 atom stereocenters. The van der Waals surface area contributed by atoms with E-state index < -0.39 is 0 Å². The molecule has 0 spiro atoms. The molecule has 1 fully saturated rings. The Morgan fingerprint density at radius 2 is 2.21 bits per heavy atom. The third-order valence-electron chi connectivity index (χ3n) is 3.16. The summed E-state index contributed by atoms with van der Waals surface area (Å²) in [6.45, 7) is 5.31. The van der Waals surface area contributed by atoms with Crippen LogP contribution in [0, 0.1) is 4.84 Å². The topological polar surface area (TPSA) is 61.2 Å². The van der Waals surface area contributed by atoms with E-state index in [1.165, 1.54) is 0 Å². The number of aromatic nitrogens is 3. The van der Waals surface area contributed by atoms with E-state index in [1.54, 1.807) is 17.5 Å². The van der Waals surface area contributed by atoms with Crippen LogP contribution in [-0.2, 0) is 6.54 Å². The molecule has 0 saturated carbocycles. The quantitative estimate of drug-likeness (QED) is 0.868. The average molecular weight is 297 g/mol. The van der Waals surface area contributed by atoms with Gasteiger partial charge in [0.2, 0.25) is 0 Å². The molecule has 0 unspecified atom stereocenters. The molecule has 3 rings (SSSR count). The highest BCUT2D eigenvalue weighted by Crippen LogP contribution is 2.25. The number of likely N-dealkylation sites (N-methyl/N-ethyl adjacent to an activating group) is 1. The minimum atomic E-state index is 0.295. The van der Waals surface area contributed by atoms with Crippen molar-refractivity contribution in [3.05, 3.63) is 16.0 Å². The van der Waals surface area contributed by atoms with Gasteiger partial charge in [-0.05, 0) is 19.3 Å². The number of H-pyrrole nitrogens is 1. The number of aromatic amines is 1. The van der Waals surface area contributed by atoms with Crippen LogP contribution in [0.2, 0.25) is 0 Å².